The van der Waals surface area contributed by atoms with Crippen molar-refractivity contribution in [2.24, 2.45) is 11.8 Å². The molecule has 120 valence electrons. The Kier molecular flexibility index (Phi) is 9.11. The molecule has 0 fully saturated rings. The number of methoxy groups -OCH3 is 2. The van der Waals surface area contributed by atoms with E-state index in [1.54, 1.807) is 14.2 Å². The average Bonchev–Trinajstić information content (AvgIpc) is 2.49. The lowest BCUT2D eigenvalue weighted by Gasteiger charge is -2.19. The van der Waals surface area contributed by atoms with Crippen LogP contribution < -0.4 is 10.1 Å². The number of hydrogen-bond donors (Lipinski definition) is 1. The maximum absolute atomic E-state index is 5.22. The van der Waals surface area contributed by atoms with E-state index in [4.69, 9.17) is 9.47 Å². The summed E-state index contributed by atoms with van der Waals surface area (Å²) in [4.78, 5) is 0. The van der Waals surface area contributed by atoms with Crippen molar-refractivity contribution in [1.82, 2.24) is 5.32 Å². The molecule has 0 saturated carbocycles. The van der Waals surface area contributed by atoms with Crippen LogP contribution in [0.1, 0.15) is 32.3 Å². The zero-order chi connectivity index (χ0) is 15.5. The predicted octanol–water partition coefficient (Wildman–Crippen LogP) is 3.53. The Hall–Kier alpha value is -1.06. The lowest BCUT2D eigenvalue weighted by atomic mass is 9.92. The van der Waals surface area contributed by atoms with Crippen LogP contribution in [0.3, 0.4) is 0 Å². The normalized spacial score (nSPS) is 12.6. The number of benzene rings is 1. The second-order valence-corrected chi connectivity index (χ2v) is 6.09. The van der Waals surface area contributed by atoms with E-state index in [1.807, 2.05) is 12.1 Å². The Balaban J connectivity index is 2.48. The van der Waals surface area contributed by atoms with Gasteiger partial charge in [-0.25, -0.2) is 0 Å². The Labute approximate surface area is 130 Å². The van der Waals surface area contributed by atoms with Gasteiger partial charge in [-0.1, -0.05) is 32.4 Å². The van der Waals surface area contributed by atoms with Gasteiger partial charge in [0.1, 0.15) is 5.75 Å². The second kappa shape index (κ2) is 10.6. The molecule has 1 aromatic rings. The fourth-order valence-electron chi connectivity index (χ4n) is 2.42. The highest BCUT2D eigenvalue weighted by atomic mass is 16.5. The lowest BCUT2D eigenvalue weighted by Crippen LogP contribution is -2.27. The van der Waals surface area contributed by atoms with Crippen LogP contribution in [0.5, 0.6) is 5.75 Å². The van der Waals surface area contributed by atoms with Crippen molar-refractivity contribution < 1.29 is 9.47 Å². The summed E-state index contributed by atoms with van der Waals surface area (Å²) >= 11 is 0. The molecule has 21 heavy (non-hydrogen) atoms. The highest BCUT2D eigenvalue weighted by Crippen LogP contribution is 2.19. The smallest absolute Gasteiger partial charge is 0.118 e. The molecule has 0 heterocycles. The molecule has 1 atom stereocenters. The van der Waals surface area contributed by atoms with Crippen LogP contribution in [0.25, 0.3) is 0 Å². The summed E-state index contributed by atoms with van der Waals surface area (Å²) < 4.78 is 10.3. The van der Waals surface area contributed by atoms with Gasteiger partial charge in [-0.05, 0) is 48.9 Å². The van der Waals surface area contributed by atoms with Gasteiger partial charge in [0.15, 0.2) is 0 Å². The van der Waals surface area contributed by atoms with Gasteiger partial charge in [0, 0.05) is 13.7 Å². The lowest BCUT2D eigenvalue weighted by molar-refractivity contribution is 0.197. The quantitative estimate of drug-likeness (QED) is 0.633. The molecule has 0 saturated heterocycles. The third-order valence-corrected chi connectivity index (χ3v) is 3.75. The second-order valence-electron chi connectivity index (χ2n) is 6.09. The molecule has 0 spiro atoms. The minimum atomic E-state index is 0.678. The molecular weight excluding hydrogens is 262 g/mol. The average molecular weight is 293 g/mol. The summed E-state index contributed by atoms with van der Waals surface area (Å²) in [6.07, 6.45) is 3.67. The first-order chi connectivity index (χ1) is 10.2. The van der Waals surface area contributed by atoms with Gasteiger partial charge < -0.3 is 14.8 Å². The summed E-state index contributed by atoms with van der Waals surface area (Å²) in [7, 11) is 3.45. The van der Waals surface area contributed by atoms with Gasteiger partial charge in [-0.3, -0.25) is 0 Å². The van der Waals surface area contributed by atoms with Crippen molar-refractivity contribution >= 4 is 0 Å². The minimum absolute atomic E-state index is 0.678. The molecule has 1 aromatic carbocycles. The van der Waals surface area contributed by atoms with Crippen molar-refractivity contribution in [1.29, 1.82) is 0 Å². The van der Waals surface area contributed by atoms with E-state index in [-0.39, 0.29) is 0 Å². The van der Waals surface area contributed by atoms with Crippen molar-refractivity contribution in [2.45, 2.75) is 33.1 Å². The van der Waals surface area contributed by atoms with Crippen molar-refractivity contribution in [3.63, 3.8) is 0 Å². The molecule has 1 unspecified atom stereocenters. The summed E-state index contributed by atoms with van der Waals surface area (Å²) in [6, 6.07) is 8.45. The maximum Gasteiger partial charge on any atom is 0.118 e. The first-order valence-electron chi connectivity index (χ1n) is 7.98. The summed E-state index contributed by atoms with van der Waals surface area (Å²) in [5, 5.41) is 3.50. The fraction of sp³-hybridized carbons (Fsp3) is 0.667. The molecule has 1 N–H and O–H groups in total. The summed E-state index contributed by atoms with van der Waals surface area (Å²) in [6.45, 7) is 7.35. The van der Waals surface area contributed by atoms with E-state index in [0.717, 1.165) is 37.8 Å². The molecular formula is C18H31NO2. The Morgan fingerprint density at radius 2 is 1.76 bits per heavy atom. The van der Waals surface area contributed by atoms with E-state index in [9.17, 15) is 0 Å². The third kappa shape index (κ3) is 8.08. The van der Waals surface area contributed by atoms with Crippen LogP contribution in [0.4, 0.5) is 0 Å². The van der Waals surface area contributed by atoms with E-state index in [1.165, 1.54) is 18.4 Å². The van der Waals surface area contributed by atoms with Gasteiger partial charge in [0.05, 0.1) is 13.7 Å². The molecule has 1 rings (SSSR count). The van der Waals surface area contributed by atoms with Crippen LogP contribution in [-0.4, -0.2) is 33.9 Å². The monoisotopic (exact) mass is 293 g/mol. The largest absolute Gasteiger partial charge is 0.497 e. The van der Waals surface area contributed by atoms with Crippen LogP contribution in [-0.2, 0) is 11.2 Å². The maximum atomic E-state index is 5.22. The minimum Gasteiger partial charge on any atom is -0.497 e. The number of hydrogen-bond acceptors (Lipinski definition) is 3. The van der Waals surface area contributed by atoms with Crippen molar-refractivity contribution in [3.05, 3.63) is 29.8 Å². The highest BCUT2D eigenvalue weighted by molar-refractivity contribution is 5.27. The van der Waals surface area contributed by atoms with Crippen molar-refractivity contribution in [3.8, 4) is 5.75 Å². The molecule has 0 aliphatic carbocycles. The predicted molar refractivity (Wildman–Crippen MR) is 89.0 cm³/mol. The molecule has 0 radical (unpaired) electrons. The van der Waals surface area contributed by atoms with E-state index in [2.05, 4.69) is 31.3 Å². The molecule has 0 bridgehead atoms. The van der Waals surface area contributed by atoms with Crippen LogP contribution >= 0.6 is 0 Å². The van der Waals surface area contributed by atoms with Crippen LogP contribution in [0.15, 0.2) is 24.3 Å². The molecule has 0 aliphatic heterocycles. The first kappa shape index (κ1) is 18.0. The number of rotatable bonds is 11. The topological polar surface area (TPSA) is 30.5 Å². The van der Waals surface area contributed by atoms with Gasteiger partial charge in [-0.15, -0.1) is 0 Å². The number of nitrogens with one attached hydrogen (secondary N) is 1. The van der Waals surface area contributed by atoms with Crippen LogP contribution in [0.2, 0.25) is 0 Å². The SMILES string of the molecule is COCCNCC(CCC(C)C)Cc1ccc(OC)cc1. The Morgan fingerprint density at radius 1 is 1.05 bits per heavy atom. The molecule has 3 nitrogen and oxygen atoms in total. The van der Waals surface area contributed by atoms with Gasteiger partial charge in [0.25, 0.3) is 0 Å². The zero-order valence-corrected chi connectivity index (χ0v) is 14.0. The fourth-order valence-corrected chi connectivity index (χ4v) is 2.42. The van der Waals surface area contributed by atoms with Crippen LogP contribution in [0, 0.1) is 11.8 Å². The summed E-state index contributed by atoms with van der Waals surface area (Å²) in [5.74, 6) is 2.37. The first-order valence-corrected chi connectivity index (χ1v) is 7.98. The molecule has 0 amide bonds. The van der Waals surface area contributed by atoms with Gasteiger partial charge in [-0.2, -0.15) is 0 Å². The van der Waals surface area contributed by atoms with Gasteiger partial charge in [0.2, 0.25) is 0 Å². The Morgan fingerprint density at radius 3 is 2.33 bits per heavy atom. The standard InChI is InChI=1S/C18H31NO2/c1-15(2)5-6-17(14-19-11-12-20-3)13-16-7-9-18(21-4)10-8-16/h7-10,15,17,19H,5-6,11-14H2,1-4H3. The van der Waals surface area contributed by atoms with E-state index >= 15 is 0 Å². The van der Waals surface area contributed by atoms with Crippen molar-refractivity contribution in [2.75, 3.05) is 33.9 Å². The molecule has 0 aromatic heterocycles. The molecule has 3 heteroatoms. The number of ether oxygens (including phenoxy) is 2. The highest BCUT2D eigenvalue weighted by Gasteiger charge is 2.11. The molecule has 0 aliphatic rings. The van der Waals surface area contributed by atoms with E-state index in [0.29, 0.717) is 5.92 Å². The zero-order valence-electron chi connectivity index (χ0n) is 14.0. The third-order valence-electron chi connectivity index (χ3n) is 3.75. The van der Waals surface area contributed by atoms with Gasteiger partial charge >= 0.3 is 0 Å². The van der Waals surface area contributed by atoms with E-state index < -0.39 is 0 Å². The Bertz CT molecular complexity index is 362. The summed E-state index contributed by atoms with van der Waals surface area (Å²) in [5.41, 5.74) is 1.39.